The lowest BCUT2D eigenvalue weighted by Crippen LogP contribution is -2.43. The zero-order valence-electron chi connectivity index (χ0n) is 17.7. The molecule has 1 atom stereocenters. The fourth-order valence-electron chi connectivity index (χ4n) is 4.77. The van der Waals surface area contributed by atoms with E-state index in [9.17, 15) is 14.4 Å². The monoisotopic (exact) mass is 420 g/mol. The van der Waals surface area contributed by atoms with Crippen LogP contribution in [0.15, 0.2) is 35.1 Å². The van der Waals surface area contributed by atoms with Crippen LogP contribution in [0.4, 0.5) is 0 Å². The van der Waals surface area contributed by atoms with E-state index in [0.29, 0.717) is 43.9 Å². The topological polar surface area (TPSA) is 86.4 Å². The number of piperidine rings is 1. The standard InChI is InChI=1S/C24H28N4O3/c29-21(14-16-6-2-1-3-7-16)28-12-5-4-8-20(28)22-25-19-11-13-27(24(31)17-9-10-17)15-18(19)23(30)26-22/h1-3,6-7,17,20H,4-5,8-15H2,(H,25,26,30)/t20-/m1/s1. The number of fused-ring (bicyclic) bond motifs is 1. The average molecular weight is 421 g/mol. The highest BCUT2D eigenvalue weighted by Gasteiger charge is 2.36. The van der Waals surface area contributed by atoms with Gasteiger partial charge in [0.15, 0.2) is 0 Å². The highest BCUT2D eigenvalue weighted by atomic mass is 16.2. The number of rotatable bonds is 4. The van der Waals surface area contributed by atoms with Gasteiger partial charge in [-0.3, -0.25) is 14.4 Å². The zero-order valence-corrected chi connectivity index (χ0v) is 17.7. The van der Waals surface area contributed by atoms with Crippen molar-refractivity contribution in [2.75, 3.05) is 13.1 Å². The van der Waals surface area contributed by atoms with Gasteiger partial charge >= 0.3 is 0 Å². The van der Waals surface area contributed by atoms with Crippen LogP contribution in [0, 0.1) is 5.92 Å². The second-order valence-corrected chi connectivity index (χ2v) is 8.92. The molecule has 0 radical (unpaired) electrons. The first-order valence-electron chi connectivity index (χ1n) is 11.3. The van der Waals surface area contributed by atoms with Crippen LogP contribution in [-0.2, 0) is 29.0 Å². The van der Waals surface area contributed by atoms with E-state index in [2.05, 4.69) is 4.98 Å². The largest absolute Gasteiger partial charge is 0.337 e. The van der Waals surface area contributed by atoms with E-state index in [1.807, 2.05) is 35.2 Å². The summed E-state index contributed by atoms with van der Waals surface area (Å²) < 4.78 is 0. The van der Waals surface area contributed by atoms with E-state index in [1.165, 1.54) is 0 Å². The number of carbonyl (C=O) groups excluding carboxylic acids is 2. The number of nitrogens with one attached hydrogen (secondary N) is 1. The number of amides is 2. The first-order chi connectivity index (χ1) is 15.1. The minimum Gasteiger partial charge on any atom is -0.337 e. The molecule has 2 fully saturated rings. The summed E-state index contributed by atoms with van der Waals surface area (Å²) in [5.74, 6) is 0.975. The summed E-state index contributed by atoms with van der Waals surface area (Å²) in [5.41, 5.74) is 2.19. The van der Waals surface area contributed by atoms with Gasteiger partial charge in [0.25, 0.3) is 5.56 Å². The lowest BCUT2D eigenvalue weighted by molar-refractivity contribution is -0.135. The van der Waals surface area contributed by atoms with Gasteiger partial charge in [0, 0.05) is 25.4 Å². The van der Waals surface area contributed by atoms with Crippen LogP contribution in [0.5, 0.6) is 0 Å². The van der Waals surface area contributed by atoms with E-state index in [-0.39, 0.29) is 29.3 Å². The molecule has 162 valence electrons. The maximum absolute atomic E-state index is 13.1. The molecule has 1 aromatic heterocycles. The number of aromatic amines is 1. The van der Waals surface area contributed by atoms with Gasteiger partial charge in [-0.2, -0.15) is 0 Å². The van der Waals surface area contributed by atoms with Crippen LogP contribution in [0.1, 0.15) is 60.8 Å². The van der Waals surface area contributed by atoms with E-state index >= 15 is 0 Å². The van der Waals surface area contributed by atoms with E-state index < -0.39 is 0 Å². The van der Waals surface area contributed by atoms with Gasteiger partial charge in [0.05, 0.1) is 30.3 Å². The Morgan fingerprint density at radius 1 is 1.06 bits per heavy atom. The smallest absolute Gasteiger partial charge is 0.256 e. The Labute approximate surface area is 181 Å². The number of nitrogens with zero attached hydrogens (tertiary/aromatic N) is 3. The van der Waals surface area contributed by atoms with Crippen LogP contribution in [0.25, 0.3) is 0 Å². The lowest BCUT2D eigenvalue weighted by Gasteiger charge is -2.36. The Balaban J connectivity index is 1.37. The van der Waals surface area contributed by atoms with Crippen molar-refractivity contribution in [2.45, 2.75) is 57.5 Å². The van der Waals surface area contributed by atoms with E-state index in [1.54, 1.807) is 4.90 Å². The van der Waals surface area contributed by atoms with Gasteiger partial charge < -0.3 is 14.8 Å². The minimum atomic E-state index is -0.200. The molecule has 2 aromatic rings. The van der Waals surface area contributed by atoms with Crippen molar-refractivity contribution in [3.05, 3.63) is 63.3 Å². The molecule has 3 aliphatic rings. The molecule has 5 rings (SSSR count). The molecule has 1 saturated heterocycles. The van der Waals surface area contributed by atoms with Crippen LogP contribution >= 0.6 is 0 Å². The summed E-state index contributed by atoms with van der Waals surface area (Å²) in [5, 5.41) is 0. The number of aromatic nitrogens is 2. The molecule has 2 amide bonds. The highest BCUT2D eigenvalue weighted by Crippen LogP contribution is 2.33. The number of hydrogen-bond acceptors (Lipinski definition) is 4. The molecule has 31 heavy (non-hydrogen) atoms. The zero-order chi connectivity index (χ0) is 21.4. The van der Waals surface area contributed by atoms with E-state index in [0.717, 1.165) is 43.4 Å². The fraction of sp³-hybridized carbons (Fsp3) is 0.500. The Morgan fingerprint density at radius 2 is 1.87 bits per heavy atom. The third-order valence-corrected chi connectivity index (χ3v) is 6.66. The summed E-state index contributed by atoms with van der Waals surface area (Å²) in [6.45, 7) is 1.63. The number of hydrogen-bond donors (Lipinski definition) is 1. The van der Waals surface area contributed by atoms with Crippen LogP contribution in [0.2, 0.25) is 0 Å². The molecule has 0 spiro atoms. The Bertz CT molecular complexity index is 1040. The average Bonchev–Trinajstić information content (AvgIpc) is 3.64. The number of carbonyl (C=O) groups is 2. The van der Waals surface area contributed by atoms with Gasteiger partial charge in [-0.15, -0.1) is 0 Å². The summed E-state index contributed by atoms with van der Waals surface area (Å²) in [6.07, 6.45) is 5.64. The summed E-state index contributed by atoms with van der Waals surface area (Å²) in [7, 11) is 0. The van der Waals surface area contributed by atoms with Gasteiger partial charge in [0.2, 0.25) is 11.8 Å². The summed E-state index contributed by atoms with van der Waals surface area (Å²) >= 11 is 0. The molecule has 1 N–H and O–H groups in total. The predicted octanol–water partition coefficient (Wildman–Crippen LogP) is 2.36. The molecule has 1 aliphatic carbocycles. The molecular weight excluding hydrogens is 392 g/mol. The summed E-state index contributed by atoms with van der Waals surface area (Å²) in [4.78, 5) is 49.8. The normalized spacial score (nSPS) is 21.0. The molecule has 7 heteroatoms. The van der Waals surface area contributed by atoms with Crippen LogP contribution < -0.4 is 5.56 Å². The first-order valence-corrected chi connectivity index (χ1v) is 11.3. The van der Waals surface area contributed by atoms with Crippen molar-refractivity contribution in [1.29, 1.82) is 0 Å². The molecule has 0 bridgehead atoms. The van der Waals surface area contributed by atoms with Gasteiger partial charge in [0.1, 0.15) is 5.82 Å². The van der Waals surface area contributed by atoms with Crippen molar-refractivity contribution in [2.24, 2.45) is 5.92 Å². The van der Waals surface area contributed by atoms with Gasteiger partial charge in [-0.25, -0.2) is 4.98 Å². The third-order valence-electron chi connectivity index (χ3n) is 6.66. The maximum atomic E-state index is 13.1. The van der Waals surface area contributed by atoms with E-state index in [4.69, 9.17) is 4.98 Å². The van der Waals surface area contributed by atoms with Crippen molar-refractivity contribution >= 4 is 11.8 Å². The molecule has 3 heterocycles. The SMILES string of the molecule is O=C(C1CC1)N1CCc2nc([C@H]3CCCCN3C(=O)Cc3ccccc3)[nH]c(=O)c2C1. The quantitative estimate of drug-likeness (QED) is 0.823. The van der Waals surface area contributed by atoms with Crippen LogP contribution in [-0.4, -0.2) is 44.7 Å². The Hall–Kier alpha value is -2.96. The van der Waals surface area contributed by atoms with Crippen molar-refractivity contribution < 1.29 is 9.59 Å². The molecule has 7 nitrogen and oxygen atoms in total. The Kier molecular flexibility index (Phi) is 5.34. The molecule has 1 aromatic carbocycles. The second-order valence-electron chi connectivity index (χ2n) is 8.92. The molecule has 2 aliphatic heterocycles. The van der Waals surface area contributed by atoms with Gasteiger partial charge in [-0.05, 0) is 37.7 Å². The second kappa shape index (κ2) is 8.29. The first kappa shape index (κ1) is 20.0. The minimum absolute atomic E-state index is 0.0671. The molecule has 0 unspecified atom stereocenters. The maximum Gasteiger partial charge on any atom is 0.256 e. The highest BCUT2D eigenvalue weighted by molar-refractivity contribution is 5.81. The number of H-pyrrole nitrogens is 1. The van der Waals surface area contributed by atoms with Gasteiger partial charge in [-0.1, -0.05) is 30.3 Å². The third kappa shape index (κ3) is 4.13. The lowest BCUT2D eigenvalue weighted by atomic mass is 9.99. The van der Waals surface area contributed by atoms with Crippen LogP contribution in [0.3, 0.4) is 0 Å². The number of benzene rings is 1. The fourth-order valence-corrected chi connectivity index (χ4v) is 4.77. The summed E-state index contributed by atoms with van der Waals surface area (Å²) in [6, 6.07) is 9.55. The number of likely N-dealkylation sites (tertiary alicyclic amines) is 1. The van der Waals surface area contributed by atoms with Crippen molar-refractivity contribution in [3.63, 3.8) is 0 Å². The Morgan fingerprint density at radius 3 is 2.65 bits per heavy atom. The molecule has 1 saturated carbocycles. The van der Waals surface area contributed by atoms with Crippen molar-refractivity contribution in [1.82, 2.24) is 19.8 Å². The van der Waals surface area contributed by atoms with Crippen molar-refractivity contribution in [3.8, 4) is 0 Å². The molecular formula is C24H28N4O3. The predicted molar refractivity (Wildman–Crippen MR) is 115 cm³/mol.